The van der Waals surface area contributed by atoms with Crippen LogP contribution in [0.25, 0.3) is 6.08 Å². The van der Waals surface area contributed by atoms with Crippen molar-refractivity contribution in [3.8, 4) is 5.75 Å². The first-order valence-corrected chi connectivity index (χ1v) is 7.29. The molecule has 0 aliphatic heterocycles. The highest BCUT2D eigenvalue weighted by Crippen LogP contribution is 2.15. The molecule has 0 aliphatic rings. The molecule has 0 atom stereocenters. The largest absolute Gasteiger partial charge is 0.484 e. The Balaban J connectivity index is 1.81. The van der Waals surface area contributed by atoms with E-state index in [1.807, 2.05) is 38.1 Å². The summed E-state index contributed by atoms with van der Waals surface area (Å²) in [5.74, 6) is 1.09. The van der Waals surface area contributed by atoms with Crippen LogP contribution < -0.4 is 10.2 Å². The first kappa shape index (κ1) is 16.5. The summed E-state index contributed by atoms with van der Waals surface area (Å²) in [5.41, 5.74) is 5.30. The van der Waals surface area contributed by atoms with Crippen molar-refractivity contribution in [3.63, 3.8) is 0 Å². The van der Waals surface area contributed by atoms with E-state index in [1.54, 1.807) is 31.4 Å². The van der Waals surface area contributed by atoms with Crippen LogP contribution in [0.5, 0.6) is 5.75 Å². The van der Waals surface area contributed by atoms with E-state index in [-0.39, 0.29) is 12.5 Å². The minimum atomic E-state index is -0.310. The molecule has 0 saturated heterocycles. The zero-order chi connectivity index (χ0) is 16.7. The van der Waals surface area contributed by atoms with Crippen molar-refractivity contribution in [2.45, 2.75) is 20.8 Å². The Morgan fingerprint density at radius 1 is 1.30 bits per heavy atom. The van der Waals surface area contributed by atoms with Gasteiger partial charge in [-0.05, 0) is 68.3 Å². The second-order valence-corrected chi connectivity index (χ2v) is 5.25. The Labute approximate surface area is 135 Å². The third-order valence-electron chi connectivity index (χ3n) is 2.95. The van der Waals surface area contributed by atoms with E-state index >= 15 is 0 Å². The van der Waals surface area contributed by atoms with Crippen LogP contribution in [-0.4, -0.2) is 18.2 Å². The number of aryl methyl sites for hydroxylation is 2. The van der Waals surface area contributed by atoms with Gasteiger partial charge in [0.15, 0.2) is 6.61 Å². The lowest BCUT2D eigenvalue weighted by Crippen LogP contribution is -2.25. The van der Waals surface area contributed by atoms with Gasteiger partial charge in [0.25, 0.3) is 5.91 Å². The van der Waals surface area contributed by atoms with Crippen molar-refractivity contribution in [2.24, 2.45) is 5.10 Å². The normalized spacial score (nSPS) is 11.7. The van der Waals surface area contributed by atoms with Gasteiger partial charge in [-0.25, -0.2) is 5.43 Å². The number of allylic oxidation sites excluding steroid dienone is 1. The molecule has 0 saturated carbocycles. The topological polar surface area (TPSA) is 63.8 Å². The summed E-state index contributed by atoms with van der Waals surface area (Å²) in [7, 11) is 0. The van der Waals surface area contributed by atoms with Crippen LogP contribution in [0.2, 0.25) is 0 Å². The van der Waals surface area contributed by atoms with Gasteiger partial charge in [-0.15, -0.1) is 0 Å². The number of carbonyl (C=O) groups excluding carboxylic acids is 1. The van der Waals surface area contributed by atoms with Crippen LogP contribution in [0, 0.1) is 13.8 Å². The average Bonchev–Trinajstić information content (AvgIpc) is 3.01. The van der Waals surface area contributed by atoms with Crippen molar-refractivity contribution >= 4 is 17.7 Å². The number of carbonyl (C=O) groups is 1. The zero-order valence-corrected chi connectivity index (χ0v) is 13.5. The van der Waals surface area contributed by atoms with Gasteiger partial charge in [0, 0.05) is 0 Å². The van der Waals surface area contributed by atoms with Gasteiger partial charge in [-0.1, -0.05) is 6.07 Å². The monoisotopic (exact) mass is 312 g/mol. The Kier molecular flexibility index (Phi) is 5.74. The Bertz CT molecular complexity index is 696. The minimum Gasteiger partial charge on any atom is -0.484 e. The van der Waals surface area contributed by atoms with Gasteiger partial charge < -0.3 is 9.15 Å². The lowest BCUT2D eigenvalue weighted by atomic mass is 10.1. The van der Waals surface area contributed by atoms with E-state index in [0.29, 0.717) is 11.5 Å². The van der Waals surface area contributed by atoms with Crippen LogP contribution in [0.15, 0.2) is 52.2 Å². The van der Waals surface area contributed by atoms with Crippen molar-refractivity contribution in [3.05, 3.63) is 59.6 Å². The molecule has 0 fully saturated rings. The highest BCUT2D eigenvalue weighted by atomic mass is 16.5. The van der Waals surface area contributed by atoms with E-state index in [4.69, 9.17) is 9.15 Å². The first-order valence-electron chi connectivity index (χ1n) is 7.29. The van der Waals surface area contributed by atoms with Crippen LogP contribution in [-0.2, 0) is 4.79 Å². The van der Waals surface area contributed by atoms with Crippen LogP contribution in [0.3, 0.4) is 0 Å². The molecule has 5 heteroatoms. The number of hydrazone groups is 1. The second-order valence-electron chi connectivity index (χ2n) is 5.25. The Hall–Kier alpha value is -2.82. The van der Waals surface area contributed by atoms with Crippen LogP contribution in [0.4, 0.5) is 0 Å². The fraction of sp³-hybridized carbons (Fsp3) is 0.222. The highest BCUT2D eigenvalue weighted by molar-refractivity contribution is 5.96. The summed E-state index contributed by atoms with van der Waals surface area (Å²) in [4.78, 5) is 11.7. The standard InChI is InChI=1S/C18H20N2O3/c1-13-9-14(2)11-17(10-13)23-12-18(21)20-19-15(3)6-7-16-5-4-8-22-16/h4-11H,12H2,1-3H3,(H,20,21)/b7-6+,19-15+. The molecule has 0 aliphatic carbocycles. The highest BCUT2D eigenvalue weighted by Gasteiger charge is 2.03. The molecule has 1 aromatic heterocycles. The van der Waals surface area contributed by atoms with E-state index in [9.17, 15) is 4.79 Å². The lowest BCUT2D eigenvalue weighted by molar-refractivity contribution is -0.123. The number of furan rings is 1. The average molecular weight is 312 g/mol. The number of hydrogen-bond acceptors (Lipinski definition) is 4. The van der Waals surface area contributed by atoms with E-state index < -0.39 is 0 Å². The van der Waals surface area contributed by atoms with Gasteiger partial charge >= 0.3 is 0 Å². The second kappa shape index (κ2) is 7.98. The van der Waals surface area contributed by atoms with Crippen molar-refractivity contribution < 1.29 is 13.9 Å². The molecule has 0 unspecified atom stereocenters. The molecule has 1 aromatic carbocycles. The molecule has 23 heavy (non-hydrogen) atoms. The molecule has 120 valence electrons. The third-order valence-corrected chi connectivity index (χ3v) is 2.95. The van der Waals surface area contributed by atoms with Crippen molar-refractivity contribution in [2.75, 3.05) is 6.61 Å². The molecule has 1 N–H and O–H groups in total. The molecule has 0 bridgehead atoms. The SMILES string of the molecule is CC(/C=C/c1ccco1)=N\NC(=O)COc1cc(C)cc(C)c1. The number of hydrogen-bond donors (Lipinski definition) is 1. The summed E-state index contributed by atoms with van der Waals surface area (Å²) in [6.07, 6.45) is 5.12. The molecule has 1 heterocycles. The number of ether oxygens (including phenoxy) is 1. The van der Waals surface area contributed by atoms with Crippen molar-refractivity contribution in [1.29, 1.82) is 0 Å². The zero-order valence-electron chi connectivity index (χ0n) is 13.5. The number of nitrogens with one attached hydrogen (secondary N) is 1. The van der Waals surface area contributed by atoms with Gasteiger partial charge in [-0.2, -0.15) is 5.10 Å². The minimum absolute atomic E-state index is 0.0818. The van der Waals surface area contributed by atoms with Crippen molar-refractivity contribution in [1.82, 2.24) is 5.43 Å². The van der Waals surface area contributed by atoms with Gasteiger partial charge in [0.2, 0.25) is 0 Å². The summed E-state index contributed by atoms with van der Waals surface area (Å²) < 4.78 is 10.6. The predicted molar refractivity (Wildman–Crippen MR) is 90.4 cm³/mol. The Morgan fingerprint density at radius 3 is 2.70 bits per heavy atom. The van der Waals surface area contributed by atoms with E-state index in [0.717, 1.165) is 16.9 Å². The maximum absolute atomic E-state index is 11.7. The molecular formula is C18H20N2O3. The molecular weight excluding hydrogens is 292 g/mol. The molecule has 2 aromatic rings. The number of rotatable bonds is 6. The van der Waals surface area contributed by atoms with Gasteiger partial charge in [0.05, 0.1) is 12.0 Å². The van der Waals surface area contributed by atoms with Crippen LogP contribution in [0.1, 0.15) is 23.8 Å². The summed E-state index contributed by atoms with van der Waals surface area (Å²) in [6.45, 7) is 5.67. The van der Waals surface area contributed by atoms with E-state index in [1.165, 1.54) is 0 Å². The molecule has 5 nitrogen and oxygen atoms in total. The summed E-state index contributed by atoms with van der Waals surface area (Å²) >= 11 is 0. The maximum atomic E-state index is 11.7. The van der Waals surface area contributed by atoms with Crippen LogP contribution >= 0.6 is 0 Å². The number of amides is 1. The molecule has 0 radical (unpaired) electrons. The number of nitrogens with zero attached hydrogens (tertiary/aromatic N) is 1. The van der Waals surface area contributed by atoms with E-state index in [2.05, 4.69) is 10.5 Å². The number of benzene rings is 1. The smallest absolute Gasteiger partial charge is 0.277 e. The quantitative estimate of drug-likeness (QED) is 0.656. The molecule has 2 rings (SSSR count). The summed E-state index contributed by atoms with van der Waals surface area (Å²) in [5, 5.41) is 3.98. The maximum Gasteiger partial charge on any atom is 0.277 e. The third kappa shape index (κ3) is 5.82. The summed E-state index contributed by atoms with van der Waals surface area (Å²) in [6, 6.07) is 9.46. The first-order chi connectivity index (χ1) is 11.0. The van der Waals surface area contributed by atoms with Gasteiger partial charge in [-0.3, -0.25) is 4.79 Å². The molecule has 0 spiro atoms. The Morgan fingerprint density at radius 2 is 2.04 bits per heavy atom. The lowest BCUT2D eigenvalue weighted by Gasteiger charge is -2.07. The predicted octanol–water partition coefficient (Wildman–Crippen LogP) is 3.48. The fourth-order valence-electron chi connectivity index (χ4n) is 1.97. The van der Waals surface area contributed by atoms with Gasteiger partial charge in [0.1, 0.15) is 11.5 Å². The fourth-order valence-corrected chi connectivity index (χ4v) is 1.97. The molecule has 1 amide bonds.